The third-order valence-corrected chi connectivity index (χ3v) is 2.96. The zero-order valence-electron chi connectivity index (χ0n) is 10.9. The standard InChI is InChI=1S/C13H26N4/c1-2-3-4-5-6-12(14)9-15-8-7-13-10-16-11-17-13/h10-12,15H,2-9,14H2,1H3,(H,16,17). The lowest BCUT2D eigenvalue weighted by Gasteiger charge is -2.12. The molecule has 0 aliphatic carbocycles. The minimum Gasteiger partial charge on any atom is -0.348 e. The van der Waals surface area contributed by atoms with Gasteiger partial charge < -0.3 is 16.0 Å². The van der Waals surface area contributed by atoms with E-state index in [9.17, 15) is 0 Å². The highest BCUT2D eigenvalue weighted by Gasteiger charge is 2.01. The summed E-state index contributed by atoms with van der Waals surface area (Å²) in [6.07, 6.45) is 10.9. The van der Waals surface area contributed by atoms with Crippen molar-refractivity contribution in [3.05, 3.63) is 18.2 Å². The topological polar surface area (TPSA) is 66.7 Å². The molecule has 0 radical (unpaired) electrons. The minimum atomic E-state index is 0.300. The summed E-state index contributed by atoms with van der Waals surface area (Å²) in [7, 11) is 0. The van der Waals surface area contributed by atoms with E-state index in [1.807, 2.05) is 6.20 Å². The summed E-state index contributed by atoms with van der Waals surface area (Å²) >= 11 is 0. The molecule has 1 atom stereocenters. The van der Waals surface area contributed by atoms with Crippen molar-refractivity contribution in [1.29, 1.82) is 0 Å². The molecule has 4 N–H and O–H groups in total. The molecule has 98 valence electrons. The Hall–Kier alpha value is -0.870. The Morgan fingerprint density at radius 1 is 1.41 bits per heavy atom. The lowest BCUT2D eigenvalue weighted by atomic mass is 10.1. The highest BCUT2D eigenvalue weighted by atomic mass is 14.9. The van der Waals surface area contributed by atoms with Crippen LogP contribution in [0.3, 0.4) is 0 Å². The van der Waals surface area contributed by atoms with Crippen molar-refractivity contribution < 1.29 is 0 Å². The molecule has 0 saturated heterocycles. The van der Waals surface area contributed by atoms with E-state index in [0.29, 0.717) is 6.04 Å². The van der Waals surface area contributed by atoms with Crippen molar-refractivity contribution >= 4 is 0 Å². The van der Waals surface area contributed by atoms with Gasteiger partial charge in [0, 0.05) is 37.4 Å². The van der Waals surface area contributed by atoms with Crippen LogP contribution in [0.15, 0.2) is 12.5 Å². The van der Waals surface area contributed by atoms with Crippen LogP contribution in [-0.2, 0) is 6.42 Å². The van der Waals surface area contributed by atoms with Gasteiger partial charge in [-0.15, -0.1) is 0 Å². The second-order valence-corrected chi connectivity index (χ2v) is 4.64. The smallest absolute Gasteiger partial charge is 0.0921 e. The quantitative estimate of drug-likeness (QED) is 0.545. The average Bonchev–Trinajstić information content (AvgIpc) is 2.83. The van der Waals surface area contributed by atoms with Gasteiger partial charge in [0.15, 0.2) is 0 Å². The summed E-state index contributed by atoms with van der Waals surface area (Å²) in [4.78, 5) is 7.08. The van der Waals surface area contributed by atoms with Crippen molar-refractivity contribution in [2.75, 3.05) is 13.1 Å². The Labute approximate surface area is 104 Å². The molecule has 0 aliphatic rings. The highest BCUT2D eigenvalue weighted by Crippen LogP contribution is 2.03. The third kappa shape index (κ3) is 7.13. The number of nitrogens with one attached hydrogen (secondary N) is 2. The molecule has 0 fully saturated rings. The number of hydrogen-bond donors (Lipinski definition) is 3. The summed E-state index contributed by atoms with van der Waals surface area (Å²) in [5.74, 6) is 0. The maximum Gasteiger partial charge on any atom is 0.0921 e. The average molecular weight is 238 g/mol. The number of aromatic nitrogens is 2. The molecular formula is C13H26N4. The van der Waals surface area contributed by atoms with Crippen molar-refractivity contribution in [2.45, 2.75) is 51.5 Å². The zero-order valence-corrected chi connectivity index (χ0v) is 10.9. The van der Waals surface area contributed by atoms with E-state index in [2.05, 4.69) is 22.2 Å². The second-order valence-electron chi connectivity index (χ2n) is 4.64. The lowest BCUT2D eigenvalue weighted by molar-refractivity contribution is 0.510. The normalized spacial score (nSPS) is 12.8. The van der Waals surface area contributed by atoms with Gasteiger partial charge in [-0.05, 0) is 6.42 Å². The predicted molar refractivity (Wildman–Crippen MR) is 71.9 cm³/mol. The van der Waals surface area contributed by atoms with Crippen LogP contribution in [-0.4, -0.2) is 29.1 Å². The largest absolute Gasteiger partial charge is 0.348 e. The van der Waals surface area contributed by atoms with Crippen molar-refractivity contribution in [2.24, 2.45) is 5.73 Å². The number of imidazole rings is 1. The van der Waals surface area contributed by atoms with E-state index in [4.69, 9.17) is 5.73 Å². The van der Waals surface area contributed by atoms with Gasteiger partial charge in [0.25, 0.3) is 0 Å². The third-order valence-electron chi connectivity index (χ3n) is 2.96. The summed E-state index contributed by atoms with van der Waals surface area (Å²) in [6.45, 7) is 4.11. The molecule has 1 aromatic rings. The molecule has 17 heavy (non-hydrogen) atoms. The molecular weight excluding hydrogens is 212 g/mol. The molecule has 0 aliphatic heterocycles. The molecule has 4 heteroatoms. The molecule has 1 aromatic heterocycles. The van der Waals surface area contributed by atoms with Crippen molar-refractivity contribution in [3.63, 3.8) is 0 Å². The number of rotatable bonds is 10. The minimum absolute atomic E-state index is 0.300. The SMILES string of the molecule is CCCCCCC(N)CNCCc1cnc[nH]1. The van der Waals surface area contributed by atoms with Crippen LogP contribution in [0.25, 0.3) is 0 Å². The van der Waals surface area contributed by atoms with Gasteiger partial charge >= 0.3 is 0 Å². The fourth-order valence-corrected chi connectivity index (χ4v) is 1.87. The van der Waals surface area contributed by atoms with Crippen molar-refractivity contribution in [1.82, 2.24) is 15.3 Å². The summed E-state index contributed by atoms with van der Waals surface area (Å²) in [6, 6.07) is 0.300. The summed E-state index contributed by atoms with van der Waals surface area (Å²) in [5, 5.41) is 3.39. The Bertz CT molecular complexity index is 258. The molecule has 1 rings (SSSR count). The van der Waals surface area contributed by atoms with Gasteiger partial charge in [-0.2, -0.15) is 0 Å². The van der Waals surface area contributed by atoms with E-state index in [1.54, 1.807) is 6.33 Å². The Balaban J connectivity index is 1.91. The molecule has 1 unspecified atom stereocenters. The summed E-state index contributed by atoms with van der Waals surface area (Å²) in [5.41, 5.74) is 7.21. The van der Waals surface area contributed by atoms with E-state index in [0.717, 1.165) is 25.9 Å². The molecule has 0 bridgehead atoms. The van der Waals surface area contributed by atoms with Gasteiger partial charge in [-0.1, -0.05) is 32.6 Å². The monoisotopic (exact) mass is 238 g/mol. The van der Waals surface area contributed by atoms with Gasteiger partial charge in [0.2, 0.25) is 0 Å². The van der Waals surface area contributed by atoms with Crippen molar-refractivity contribution in [3.8, 4) is 0 Å². The highest BCUT2D eigenvalue weighted by molar-refractivity contribution is 4.94. The molecule has 0 aromatic carbocycles. The van der Waals surface area contributed by atoms with Gasteiger partial charge in [-0.25, -0.2) is 4.98 Å². The van der Waals surface area contributed by atoms with Crippen LogP contribution in [0.1, 0.15) is 44.7 Å². The number of unbranched alkanes of at least 4 members (excludes halogenated alkanes) is 3. The van der Waals surface area contributed by atoms with Crippen LogP contribution in [0, 0.1) is 0 Å². The zero-order chi connectivity index (χ0) is 12.3. The maximum atomic E-state index is 6.03. The Morgan fingerprint density at radius 2 is 2.29 bits per heavy atom. The Morgan fingerprint density at radius 3 is 3.00 bits per heavy atom. The van der Waals surface area contributed by atoms with E-state index >= 15 is 0 Å². The molecule has 0 saturated carbocycles. The number of nitrogens with zero attached hydrogens (tertiary/aromatic N) is 1. The molecule has 4 nitrogen and oxygen atoms in total. The maximum absolute atomic E-state index is 6.03. The first-order valence-electron chi connectivity index (χ1n) is 6.76. The number of H-pyrrole nitrogens is 1. The van der Waals surface area contributed by atoms with E-state index < -0.39 is 0 Å². The lowest BCUT2D eigenvalue weighted by Crippen LogP contribution is -2.34. The fourth-order valence-electron chi connectivity index (χ4n) is 1.87. The van der Waals surface area contributed by atoms with Crippen LogP contribution in [0.5, 0.6) is 0 Å². The predicted octanol–water partition coefficient (Wildman–Crippen LogP) is 1.84. The first kappa shape index (κ1) is 14.2. The van der Waals surface area contributed by atoms with E-state index in [-0.39, 0.29) is 0 Å². The number of hydrogen-bond acceptors (Lipinski definition) is 3. The number of nitrogens with two attached hydrogens (primary N) is 1. The van der Waals surface area contributed by atoms with Crippen LogP contribution in [0.4, 0.5) is 0 Å². The molecule has 0 amide bonds. The van der Waals surface area contributed by atoms with Crippen LogP contribution < -0.4 is 11.1 Å². The van der Waals surface area contributed by atoms with E-state index in [1.165, 1.54) is 31.4 Å². The first-order valence-corrected chi connectivity index (χ1v) is 6.76. The fraction of sp³-hybridized carbons (Fsp3) is 0.769. The van der Waals surface area contributed by atoms with Crippen LogP contribution in [0.2, 0.25) is 0 Å². The van der Waals surface area contributed by atoms with Crippen LogP contribution >= 0.6 is 0 Å². The van der Waals surface area contributed by atoms with Gasteiger partial charge in [0.1, 0.15) is 0 Å². The van der Waals surface area contributed by atoms with Gasteiger partial charge in [-0.3, -0.25) is 0 Å². The molecule has 0 spiro atoms. The number of aromatic amines is 1. The molecule has 1 heterocycles. The second kappa shape index (κ2) is 9.19. The Kier molecular flexibility index (Phi) is 7.67. The van der Waals surface area contributed by atoms with Gasteiger partial charge in [0.05, 0.1) is 6.33 Å². The first-order chi connectivity index (χ1) is 8.33. The summed E-state index contributed by atoms with van der Waals surface area (Å²) < 4.78 is 0.